The smallest absolute Gasteiger partial charge is 0.184 e. The number of piperidine rings is 1. The minimum atomic E-state index is -3.57. The van der Waals surface area contributed by atoms with E-state index in [9.17, 15) is 8.42 Å². The van der Waals surface area contributed by atoms with Crippen LogP contribution in [0, 0.1) is 0 Å². The molecule has 8 heteroatoms. The molecule has 0 bridgehead atoms. The van der Waals surface area contributed by atoms with Gasteiger partial charge in [-0.2, -0.15) is 0 Å². The Labute approximate surface area is 187 Å². The van der Waals surface area contributed by atoms with E-state index in [1.807, 2.05) is 6.07 Å². The molecule has 31 heavy (non-hydrogen) atoms. The van der Waals surface area contributed by atoms with E-state index in [0.29, 0.717) is 22.5 Å². The molecular formula is C23H25ClN2O4S. The normalized spacial score (nSPS) is 16.8. The average Bonchev–Trinajstić information content (AvgIpc) is 3.28. The molecule has 1 fully saturated rings. The van der Waals surface area contributed by atoms with Crippen LogP contribution in [0.25, 0.3) is 0 Å². The van der Waals surface area contributed by atoms with E-state index >= 15 is 0 Å². The SMILES string of the molecule is C[C@H](c1ccccc1)N1CCC(Oc2ccc(S(=O)(=O)Cc3ccon3)cc2Cl)CC1. The van der Waals surface area contributed by atoms with E-state index in [1.54, 1.807) is 6.07 Å². The summed E-state index contributed by atoms with van der Waals surface area (Å²) in [7, 11) is -3.57. The predicted octanol–water partition coefficient (Wildman–Crippen LogP) is 4.91. The summed E-state index contributed by atoms with van der Waals surface area (Å²) >= 11 is 6.36. The van der Waals surface area contributed by atoms with Gasteiger partial charge in [0.1, 0.15) is 23.9 Å². The Balaban J connectivity index is 1.36. The summed E-state index contributed by atoms with van der Waals surface area (Å²) in [6.45, 7) is 4.09. The molecule has 164 valence electrons. The molecule has 2 aromatic carbocycles. The van der Waals surface area contributed by atoms with Crippen LogP contribution in [-0.4, -0.2) is 37.7 Å². The second kappa shape index (κ2) is 9.42. The van der Waals surface area contributed by atoms with E-state index in [1.165, 1.54) is 30.0 Å². The molecule has 1 aliphatic heterocycles. The predicted molar refractivity (Wildman–Crippen MR) is 119 cm³/mol. The van der Waals surface area contributed by atoms with Gasteiger partial charge in [-0.15, -0.1) is 0 Å². The summed E-state index contributed by atoms with van der Waals surface area (Å²) in [6.07, 6.45) is 3.18. The van der Waals surface area contributed by atoms with Crippen molar-refractivity contribution >= 4 is 21.4 Å². The lowest BCUT2D eigenvalue weighted by Gasteiger charge is -2.36. The van der Waals surface area contributed by atoms with E-state index in [-0.39, 0.29) is 16.8 Å². The number of aromatic nitrogens is 1. The van der Waals surface area contributed by atoms with Crippen LogP contribution in [0.1, 0.15) is 37.1 Å². The highest BCUT2D eigenvalue weighted by Gasteiger charge is 2.25. The van der Waals surface area contributed by atoms with Crippen LogP contribution in [0.2, 0.25) is 5.02 Å². The van der Waals surface area contributed by atoms with Gasteiger partial charge in [0.15, 0.2) is 9.84 Å². The molecular weight excluding hydrogens is 436 g/mol. The Morgan fingerprint density at radius 2 is 1.90 bits per heavy atom. The van der Waals surface area contributed by atoms with Crippen molar-refractivity contribution in [1.29, 1.82) is 0 Å². The molecule has 0 spiro atoms. The van der Waals surface area contributed by atoms with Gasteiger partial charge >= 0.3 is 0 Å². The first-order valence-electron chi connectivity index (χ1n) is 10.3. The first kappa shape index (κ1) is 21.9. The summed E-state index contributed by atoms with van der Waals surface area (Å²) in [4.78, 5) is 2.59. The van der Waals surface area contributed by atoms with Crippen molar-refractivity contribution in [3.63, 3.8) is 0 Å². The molecule has 3 aromatic rings. The molecule has 4 rings (SSSR count). The molecule has 2 heterocycles. The second-order valence-electron chi connectivity index (χ2n) is 7.78. The molecule has 0 saturated carbocycles. The Hall–Kier alpha value is -2.35. The molecule has 6 nitrogen and oxygen atoms in total. The number of rotatable bonds is 7. The Morgan fingerprint density at radius 3 is 2.55 bits per heavy atom. The van der Waals surface area contributed by atoms with Gasteiger partial charge in [0, 0.05) is 25.2 Å². The highest BCUT2D eigenvalue weighted by molar-refractivity contribution is 7.90. The van der Waals surface area contributed by atoms with Gasteiger partial charge < -0.3 is 9.26 Å². The molecule has 1 aliphatic rings. The largest absolute Gasteiger partial charge is 0.489 e. The fourth-order valence-corrected chi connectivity index (χ4v) is 5.43. The van der Waals surface area contributed by atoms with Gasteiger partial charge in [-0.25, -0.2) is 8.42 Å². The fourth-order valence-electron chi connectivity index (χ4n) is 3.86. The molecule has 0 radical (unpaired) electrons. The van der Waals surface area contributed by atoms with Crippen LogP contribution >= 0.6 is 11.6 Å². The van der Waals surface area contributed by atoms with Gasteiger partial charge in [-0.1, -0.05) is 47.1 Å². The molecule has 0 N–H and O–H groups in total. The van der Waals surface area contributed by atoms with Crippen molar-refractivity contribution in [2.45, 2.75) is 42.6 Å². The Morgan fingerprint density at radius 1 is 1.16 bits per heavy atom. The van der Waals surface area contributed by atoms with Crippen molar-refractivity contribution in [3.05, 3.63) is 77.1 Å². The maximum absolute atomic E-state index is 12.6. The number of likely N-dealkylation sites (tertiary alicyclic amines) is 1. The maximum atomic E-state index is 12.6. The molecule has 1 aromatic heterocycles. The van der Waals surface area contributed by atoms with E-state index < -0.39 is 9.84 Å². The van der Waals surface area contributed by atoms with Crippen LogP contribution in [0.15, 0.2) is 70.3 Å². The van der Waals surface area contributed by atoms with Crippen molar-refractivity contribution in [3.8, 4) is 5.75 Å². The molecule has 0 aliphatic carbocycles. The summed E-state index contributed by atoms with van der Waals surface area (Å²) in [5.74, 6) is 0.273. The molecule has 1 saturated heterocycles. The number of hydrogen-bond acceptors (Lipinski definition) is 6. The number of sulfone groups is 1. The van der Waals surface area contributed by atoms with Crippen molar-refractivity contribution in [2.75, 3.05) is 13.1 Å². The Bertz CT molecular complexity index is 1100. The third-order valence-electron chi connectivity index (χ3n) is 5.69. The highest BCUT2D eigenvalue weighted by Crippen LogP contribution is 2.32. The van der Waals surface area contributed by atoms with Crippen molar-refractivity contribution < 1.29 is 17.7 Å². The minimum Gasteiger partial charge on any atom is -0.489 e. The van der Waals surface area contributed by atoms with Crippen molar-refractivity contribution in [1.82, 2.24) is 10.1 Å². The van der Waals surface area contributed by atoms with Crippen LogP contribution in [-0.2, 0) is 15.6 Å². The van der Waals surface area contributed by atoms with Gasteiger partial charge in [0.2, 0.25) is 0 Å². The van der Waals surface area contributed by atoms with Crippen LogP contribution < -0.4 is 4.74 Å². The summed E-state index contributed by atoms with van der Waals surface area (Å²) in [6, 6.07) is 17.0. The standard InChI is InChI=1S/C23H25ClN2O4S/c1-17(18-5-3-2-4-6-18)26-12-9-20(10-13-26)30-23-8-7-21(15-22(23)24)31(27,28)16-19-11-14-29-25-19/h2-8,11,14-15,17,20H,9-10,12-13,16H2,1H3/t17-/m1/s1. The lowest BCUT2D eigenvalue weighted by atomic mass is 10.0. The van der Waals surface area contributed by atoms with E-state index in [0.717, 1.165) is 25.9 Å². The third kappa shape index (κ3) is 5.29. The van der Waals surface area contributed by atoms with E-state index in [2.05, 4.69) is 41.2 Å². The lowest BCUT2D eigenvalue weighted by molar-refractivity contribution is 0.0797. The molecule has 0 amide bonds. The first-order valence-corrected chi connectivity index (χ1v) is 12.3. The van der Waals surface area contributed by atoms with E-state index in [4.69, 9.17) is 20.9 Å². The quantitative estimate of drug-likeness (QED) is 0.499. The van der Waals surface area contributed by atoms with Crippen LogP contribution in [0.5, 0.6) is 5.75 Å². The number of ether oxygens (including phenoxy) is 1. The molecule has 1 atom stereocenters. The number of hydrogen-bond donors (Lipinski definition) is 0. The summed E-state index contributed by atoms with van der Waals surface area (Å²) in [5.41, 5.74) is 1.67. The first-order chi connectivity index (χ1) is 14.9. The maximum Gasteiger partial charge on any atom is 0.184 e. The topological polar surface area (TPSA) is 72.6 Å². The average molecular weight is 461 g/mol. The van der Waals surface area contributed by atoms with Gasteiger partial charge in [-0.05, 0) is 43.5 Å². The van der Waals surface area contributed by atoms with Crippen LogP contribution in [0.4, 0.5) is 0 Å². The lowest BCUT2D eigenvalue weighted by Crippen LogP contribution is -2.39. The zero-order valence-electron chi connectivity index (χ0n) is 17.3. The van der Waals surface area contributed by atoms with Gasteiger partial charge in [-0.3, -0.25) is 4.90 Å². The van der Waals surface area contributed by atoms with Crippen molar-refractivity contribution in [2.24, 2.45) is 0 Å². The minimum absolute atomic E-state index is 0.0503. The summed E-state index contributed by atoms with van der Waals surface area (Å²) < 4.78 is 36.0. The monoisotopic (exact) mass is 460 g/mol. The zero-order valence-corrected chi connectivity index (χ0v) is 18.8. The molecule has 0 unspecified atom stereocenters. The second-order valence-corrected chi connectivity index (χ2v) is 10.2. The van der Waals surface area contributed by atoms with Crippen LogP contribution in [0.3, 0.4) is 0 Å². The number of halogens is 1. The van der Waals surface area contributed by atoms with Gasteiger partial charge in [0.25, 0.3) is 0 Å². The summed E-state index contributed by atoms with van der Waals surface area (Å²) in [5, 5.41) is 3.96. The number of benzene rings is 2. The van der Waals surface area contributed by atoms with Gasteiger partial charge in [0.05, 0.1) is 15.6 Å². The number of nitrogens with zero attached hydrogens (tertiary/aromatic N) is 2. The highest BCUT2D eigenvalue weighted by atomic mass is 35.5. The zero-order chi connectivity index (χ0) is 21.8. The Kier molecular flexibility index (Phi) is 6.65. The fraction of sp³-hybridized carbons (Fsp3) is 0.348. The third-order valence-corrected chi connectivity index (χ3v) is 7.63.